The van der Waals surface area contributed by atoms with Crippen LogP contribution in [0.15, 0.2) is 54.9 Å². The van der Waals surface area contributed by atoms with Gasteiger partial charge in [-0.25, -0.2) is 27.9 Å². The monoisotopic (exact) mass is 388 g/mol. The number of methoxy groups -OCH3 is 1. The predicted octanol–water partition coefficient (Wildman–Crippen LogP) is 2.82. The number of hydrogen-bond donors (Lipinski definition) is 2. The van der Waals surface area contributed by atoms with Gasteiger partial charge in [-0.15, -0.1) is 0 Å². The molecule has 7 nitrogen and oxygen atoms in total. The highest BCUT2D eigenvalue weighted by Crippen LogP contribution is 2.30. The Balaban J connectivity index is 1.88. The molecule has 0 saturated carbocycles. The van der Waals surface area contributed by atoms with Crippen molar-refractivity contribution in [3.8, 4) is 17.0 Å². The van der Waals surface area contributed by atoms with Crippen LogP contribution < -0.4 is 15.2 Å². The van der Waals surface area contributed by atoms with Gasteiger partial charge in [0.25, 0.3) is 0 Å². The fourth-order valence-corrected chi connectivity index (χ4v) is 3.21. The molecule has 2 aromatic carbocycles. The summed E-state index contributed by atoms with van der Waals surface area (Å²) in [5, 5.41) is 8.17. The number of anilines is 2. The summed E-state index contributed by atoms with van der Waals surface area (Å²) in [6.07, 6.45) is 1.37. The maximum absolute atomic E-state index is 13.4. The van der Waals surface area contributed by atoms with Crippen LogP contribution in [0.5, 0.6) is 5.75 Å². The third-order valence-electron chi connectivity index (χ3n) is 3.67. The molecule has 0 aliphatic carbocycles. The highest BCUT2D eigenvalue weighted by atomic mass is 32.2. The molecular weight excluding hydrogens is 371 g/mol. The number of nitrogens with one attached hydrogen (secondary N) is 1. The van der Waals surface area contributed by atoms with Crippen molar-refractivity contribution >= 4 is 21.5 Å². The van der Waals surface area contributed by atoms with Gasteiger partial charge in [-0.2, -0.15) is 0 Å². The molecule has 0 bridgehead atoms. The molecule has 0 saturated heterocycles. The highest BCUT2D eigenvalue weighted by Gasteiger charge is 2.10. The van der Waals surface area contributed by atoms with E-state index in [-0.39, 0.29) is 5.75 Å². The maximum atomic E-state index is 13.4. The predicted molar refractivity (Wildman–Crippen MR) is 101 cm³/mol. The maximum Gasteiger partial charge on any atom is 0.213 e. The third-order valence-corrected chi connectivity index (χ3v) is 4.41. The summed E-state index contributed by atoms with van der Waals surface area (Å²) in [7, 11) is -2.16. The zero-order chi connectivity index (χ0) is 19.4. The van der Waals surface area contributed by atoms with Crippen LogP contribution in [0.3, 0.4) is 0 Å². The first-order valence-corrected chi connectivity index (χ1v) is 9.58. The molecule has 0 atom stereocenters. The van der Waals surface area contributed by atoms with Gasteiger partial charge in [-0.1, -0.05) is 12.1 Å². The number of rotatable bonds is 6. The molecule has 0 amide bonds. The lowest BCUT2D eigenvalue weighted by atomic mass is 10.1. The molecule has 0 radical (unpaired) electrons. The topological polar surface area (TPSA) is 107 Å². The van der Waals surface area contributed by atoms with E-state index in [1.165, 1.54) is 25.6 Å². The lowest BCUT2D eigenvalue weighted by Crippen LogP contribution is -2.14. The quantitative estimate of drug-likeness (QED) is 0.672. The first-order valence-electron chi connectivity index (χ1n) is 7.86. The SMILES string of the molecule is COc1cc(F)ccc1-c1cc(Nc2cccc(CS(N)(=O)=O)c2)ncn1. The Kier molecular flexibility index (Phi) is 5.33. The minimum Gasteiger partial charge on any atom is -0.496 e. The molecule has 3 aromatic rings. The van der Waals surface area contributed by atoms with Crippen LogP contribution in [0.25, 0.3) is 11.3 Å². The number of nitrogens with zero attached hydrogens (tertiary/aromatic N) is 2. The molecule has 1 aromatic heterocycles. The summed E-state index contributed by atoms with van der Waals surface area (Å²) < 4.78 is 41.1. The number of primary sulfonamides is 1. The van der Waals surface area contributed by atoms with E-state index in [4.69, 9.17) is 9.88 Å². The average molecular weight is 388 g/mol. The zero-order valence-corrected chi connectivity index (χ0v) is 15.2. The van der Waals surface area contributed by atoms with Crippen LogP contribution in [0.2, 0.25) is 0 Å². The summed E-state index contributed by atoms with van der Waals surface area (Å²) in [5.41, 5.74) is 2.36. The molecular formula is C18H17FN4O3S. The molecule has 140 valence electrons. The van der Waals surface area contributed by atoms with Gasteiger partial charge >= 0.3 is 0 Å². The Labute approximate surface area is 156 Å². The van der Waals surface area contributed by atoms with Crippen molar-refractivity contribution in [2.24, 2.45) is 5.14 Å². The van der Waals surface area contributed by atoms with Crippen molar-refractivity contribution in [1.82, 2.24) is 9.97 Å². The summed E-state index contributed by atoms with van der Waals surface area (Å²) in [5.74, 6) is 0.174. The van der Waals surface area contributed by atoms with Gasteiger partial charge in [0.05, 0.1) is 18.6 Å². The first-order chi connectivity index (χ1) is 12.8. The summed E-state index contributed by atoms with van der Waals surface area (Å²) in [6, 6.07) is 12.7. The first kappa shape index (κ1) is 18.7. The molecule has 27 heavy (non-hydrogen) atoms. The van der Waals surface area contributed by atoms with Crippen LogP contribution in [0.4, 0.5) is 15.9 Å². The van der Waals surface area contributed by atoms with Crippen molar-refractivity contribution in [2.75, 3.05) is 12.4 Å². The average Bonchev–Trinajstić information content (AvgIpc) is 2.60. The smallest absolute Gasteiger partial charge is 0.213 e. The largest absolute Gasteiger partial charge is 0.496 e. The molecule has 0 spiro atoms. The number of halogens is 1. The minimum absolute atomic E-state index is 0.260. The number of nitrogens with two attached hydrogens (primary N) is 1. The molecule has 0 fully saturated rings. The summed E-state index contributed by atoms with van der Waals surface area (Å²) >= 11 is 0. The number of aromatic nitrogens is 2. The second-order valence-corrected chi connectivity index (χ2v) is 7.38. The molecule has 9 heteroatoms. The van der Waals surface area contributed by atoms with E-state index >= 15 is 0 Å². The Bertz CT molecular complexity index is 1070. The number of ether oxygens (including phenoxy) is 1. The van der Waals surface area contributed by atoms with Gasteiger partial charge in [-0.3, -0.25) is 0 Å². The van der Waals surface area contributed by atoms with Crippen LogP contribution in [-0.4, -0.2) is 25.5 Å². The van der Waals surface area contributed by atoms with Gasteiger partial charge in [0.1, 0.15) is 23.7 Å². The normalized spacial score (nSPS) is 11.2. The second kappa shape index (κ2) is 7.68. The van der Waals surface area contributed by atoms with Crippen molar-refractivity contribution in [3.05, 3.63) is 66.2 Å². The third kappa shape index (κ3) is 4.99. The minimum atomic E-state index is -3.62. The molecule has 0 aliphatic rings. The Hall–Kier alpha value is -3.04. The molecule has 0 aliphatic heterocycles. The molecule has 1 heterocycles. The van der Waals surface area contributed by atoms with Gasteiger partial charge in [0, 0.05) is 23.4 Å². The lowest BCUT2D eigenvalue weighted by Gasteiger charge is -2.10. The standard InChI is InChI=1S/C18H17FN4O3S/c1-26-17-8-13(19)5-6-15(17)16-9-18(22-11-21-16)23-14-4-2-3-12(7-14)10-27(20,24)25/h2-9,11H,10H2,1H3,(H2,20,24,25)(H,21,22,23). The van der Waals surface area contributed by atoms with Crippen molar-refractivity contribution in [2.45, 2.75) is 5.75 Å². The van der Waals surface area contributed by atoms with E-state index in [2.05, 4.69) is 15.3 Å². The number of hydrogen-bond acceptors (Lipinski definition) is 6. The van der Waals surface area contributed by atoms with E-state index in [9.17, 15) is 12.8 Å². The zero-order valence-electron chi connectivity index (χ0n) is 14.4. The highest BCUT2D eigenvalue weighted by molar-refractivity contribution is 7.88. The van der Waals surface area contributed by atoms with E-state index in [0.29, 0.717) is 34.1 Å². The Morgan fingerprint density at radius 2 is 1.96 bits per heavy atom. The molecule has 3 rings (SSSR count). The fraction of sp³-hybridized carbons (Fsp3) is 0.111. The van der Waals surface area contributed by atoms with Gasteiger partial charge in [0.2, 0.25) is 10.0 Å². The van der Waals surface area contributed by atoms with E-state index in [1.807, 2.05) is 0 Å². The van der Waals surface area contributed by atoms with Crippen LogP contribution in [0.1, 0.15) is 5.56 Å². The van der Waals surface area contributed by atoms with E-state index in [0.717, 1.165) is 0 Å². The van der Waals surface area contributed by atoms with Gasteiger partial charge < -0.3 is 10.1 Å². The van der Waals surface area contributed by atoms with Crippen molar-refractivity contribution < 1.29 is 17.5 Å². The molecule has 0 unspecified atom stereocenters. The van der Waals surface area contributed by atoms with E-state index in [1.54, 1.807) is 36.4 Å². The van der Waals surface area contributed by atoms with Crippen LogP contribution >= 0.6 is 0 Å². The van der Waals surface area contributed by atoms with Gasteiger partial charge in [0.15, 0.2) is 0 Å². The van der Waals surface area contributed by atoms with Crippen LogP contribution in [0, 0.1) is 5.82 Å². The number of benzene rings is 2. The Morgan fingerprint density at radius 3 is 2.70 bits per heavy atom. The lowest BCUT2D eigenvalue weighted by molar-refractivity contribution is 0.413. The molecule has 3 N–H and O–H groups in total. The number of sulfonamides is 1. The van der Waals surface area contributed by atoms with E-state index < -0.39 is 15.8 Å². The summed E-state index contributed by atoms with van der Waals surface area (Å²) in [4.78, 5) is 8.36. The fourth-order valence-electron chi connectivity index (χ4n) is 2.57. The van der Waals surface area contributed by atoms with Gasteiger partial charge in [-0.05, 0) is 29.8 Å². The Morgan fingerprint density at radius 1 is 1.15 bits per heavy atom. The second-order valence-electron chi connectivity index (χ2n) is 5.77. The van der Waals surface area contributed by atoms with Crippen LogP contribution in [-0.2, 0) is 15.8 Å². The van der Waals surface area contributed by atoms with Crippen molar-refractivity contribution in [3.63, 3.8) is 0 Å². The summed E-state index contributed by atoms with van der Waals surface area (Å²) in [6.45, 7) is 0. The van der Waals surface area contributed by atoms with Crippen molar-refractivity contribution in [1.29, 1.82) is 0 Å².